The molecule has 0 unspecified atom stereocenters. The number of likely N-dealkylation sites (tertiary alicyclic amines) is 2. The topological polar surface area (TPSA) is 149 Å². The van der Waals surface area contributed by atoms with Crippen molar-refractivity contribution in [2.45, 2.75) is 176 Å². The summed E-state index contributed by atoms with van der Waals surface area (Å²) < 4.78 is 43.0. The van der Waals surface area contributed by atoms with Crippen LogP contribution in [0.1, 0.15) is 139 Å². The lowest BCUT2D eigenvalue weighted by atomic mass is 10.1. The zero-order valence-electron chi connectivity index (χ0n) is 56.7. The standard InChI is InChI=1S/C76H99N9O8/c1-11-19-42-80-44-37-62(38-45-80)90-60-27-21-53(22-28-60)69-49-55-48-64(31-33-67(55)82(69)18-8)92-70-35-25-58(50-72(70)88-9)84(75(86)77-56(14-4)15-5)85(76(87)78-57(16-6)17-7)59-26-36-71(73(51-59)89-10)93-65-32-34-68-66(52-65)79-74(83(68)41-13-3)54-23-29-61(30-24-54)91-63-39-46-81(47-40-63)43-20-12-2/h21-36,48-52,56-57,62-63H,11-20,37-47H2,1-10H3,(H,77,86)(H,78,87). The van der Waals surface area contributed by atoms with Gasteiger partial charge in [0.05, 0.1) is 36.6 Å². The first-order valence-electron chi connectivity index (χ1n) is 34.5. The lowest BCUT2D eigenvalue weighted by Crippen LogP contribution is -2.59. The molecule has 0 spiro atoms. The molecule has 2 saturated heterocycles. The summed E-state index contributed by atoms with van der Waals surface area (Å²) in [4.78, 5) is 40.5. The van der Waals surface area contributed by atoms with Crippen molar-refractivity contribution >= 4 is 45.4 Å². The minimum Gasteiger partial charge on any atom is -0.493 e. The van der Waals surface area contributed by atoms with Crippen LogP contribution >= 0.6 is 0 Å². The first-order chi connectivity index (χ1) is 45.4. The molecule has 496 valence electrons. The number of carbonyl (C=O) groups excluding carboxylic acids is 2. The summed E-state index contributed by atoms with van der Waals surface area (Å²) in [6.07, 6.45) is 13.2. The molecule has 6 aromatic carbocycles. The number of urea groups is 2. The van der Waals surface area contributed by atoms with Gasteiger partial charge >= 0.3 is 12.1 Å². The highest BCUT2D eigenvalue weighted by atomic mass is 16.5. The molecule has 2 aliphatic heterocycles. The summed E-state index contributed by atoms with van der Waals surface area (Å²) in [6, 6.07) is 40.1. The number of nitrogens with zero attached hydrogens (tertiary/aromatic N) is 7. The van der Waals surface area contributed by atoms with Gasteiger partial charge in [0.15, 0.2) is 23.0 Å². The maximum absolute atomic E-state index is 15.1. The van der Waals surface area contributed by atoms with E-state index in [1.54, 1.807) is 50.6 Å². The summed E-state index contributed by atoms with van der Waals surface area (Å²) >= 11 is 0. The molecular formula is C76H99N9O8. The van der Waals surface area contributed by atoms with E-state index in [1.807, 2.05) is 58.0 Å². The number of anilines is 2. The number of aromatic nitrogens is 3. The fourth-order valence-electron chi connectivity index (χ4n) is 12.9. The van der Waals surface area contributed by atoms with E-state index in [0.717, 1.165) is 127 Å². The lowest BCUT2D eigenvalue weighted by molar-refractivity contribution is 0.0997. The molecule has 2 aliphatic rings. The molecule has 2 aromatic heterocycles. The summed E-state index contributed by atoms with van der Waals surface area (Å²) in [5.41, 5.74) is 6.74. The fraction of sp³-hybridized carbons (Fsp3) is 0.461. The summed E-state index contributed by atoms with van der Waals surface area (Å²) in [6.45, 7) is 25.2. The van der Waals surface area contributed by atoms with E-state index in [1.165, 1.54) is 48.8 Å². The Hall–Kier alpha value is -8.41. The number of rotatable bonds is 29. The van der Waals surface area contributed by atoms with Crippen LogP contribution in [0, 0.1) is 0 Å². The molecule has 2 N–H and O–H groups in total. The molecule has 4 heterocycles. The lowest BCUT2D eigenvalue weighted by Gasteiger charge is -2.36. The van der Waals surface area contributed by atoms with Gasteiger partial charge in [-0.15, -0.1) is 0 Å². The van der Waals surface area contributed by atoms with Gasteiger partial charge in [0, 0.05) is 91.7 Å². The van der Waals surface area contributed by atoms with Crippen molar-refractivity contribution in [3.63, 3.8) is 0 Å². The van der Waals surface area contributed by atoms with E-state index < -0.39 is 12.1 Å². The van der Waals surface area contributed by atoms with Gasteiger partial charge in [0.2, 0.25) is 0 Å². The highest BCUT2D eigenvalue weighted by Gasteiger charge is 2.34. The molecule has 17 nitrogen and oxygen atoms in total. The second kappa shape index (κ2) is 32.4. The molecule has 0 aliphatic carbocycles. The van der Waals surface area contributed by atoms with Crippen LogP contribution in [0.2, 0.25) is 0 Å². The Morgan fingerprint density at radius 3 is 1.41 bits per heavy atom. The average molecular weight is 1270 g/mol. The van der Waals surface area contributed by atoms with Gasteiger partial charge in [0.25, 0.3) is 0 Å². The number of hydrogen-bond donors (Lipinski definition) is 2. The Kier molecular flexibility index (Phi) is 23.5. The monoisotopic (exact) mass is 1270 g/mol. The van der Waals surface area contributed by atoms with Gasteiger partial charge < -0.3 is 58.0 Å². The van der Waals surface area contributed by atoms with Crippen LogP contribution in [0.15, 0.2) is 127 Å². The highest BCUT2D eigenvalue weighted by Crippen LogP contribution is 2.42. The smallest absolute Gasteiger partial charge is 0.341 e. The van der Waals surface area contributed by atoms with Crippen LogP contribution in [0.5, 0.6) is 46.0 Å². The largest absolute Gasteiger partial charge is 0.493 e. The third-order valence-electron chi connectivity index (χ3n) is 18.4. The number of aryl methyl sites for hydroxylation is 2. The number of ether oxygens (including phenoxy) is 6. The van der Waals surface area contributed by atoms with Crippen LogP contribution < -0.4 is 49.1 Å². The third-order valence-corrected chi connectivity index (χ3v) is 18.4. The SMILES string of the molecule is CCCCN1CCC(Oc2ccc(-c3cc4cc(Oc5ccc(N(C(=O)NC(CC)CC)N(C(=O)NC(CC)CC)c6ccc(Oc7ccc8c(c7)nc(-c7ccc(OC9CCN(CCCC)CC9)cc7)n8CCC)c(OC)c6)cc5OC)ccc4n3CC)cc2)CC1. The molecule has 0 radical (unpaired) electrons. The zero-order valence-corrected chi connectivity index (χ0v) is 56.7. The number of nitrogens with one attached hydrogen (secondary N) is 2. The number of unbranched alkanes of at least 4 members (excludes halogenated alkanes) is 2. The second-order valence-corrected chi connectivity index (χ2v) is 24.7. The third kappa shape index (κ3) is 16.3. The number of fused-ring (bicyclic) bond motifs is 2. The van der Waals surface area contributed by atoms with Gasteiger partial charge in [0.1, 0.15) is 41.0 Å². The maximum Gasteiger partial charge on any atom is 0.341 e. The Morgan fingerprint density at radius 1 is 0.495 bits per heavy atom. The molecule has 4 amide bonds. The minimum absolute atomic E-state index is 0.186. The molecule has 0 bridgehead atoms. The van der Waals surface area contributed by atoms with Gasteiger partial charge in [-0.05, 0) is 205 Å². The number of amides is 4. The second-order valence-electron chi connectivity index (χ2n) is 24.7. The van der Waals surface area contributed by atoms with Gasteiger partial charge in [-0.3, -0.25) is 0 Å². The number of hydrogen-bond acceptors (Lipinski definition) is 11. The molecule has 0 saturated carbocycles. The van der Waals surface area contributed by atoms with Crippen LogP contribution in [-0.4, -0.2) is 114 Å². The molecular weight excluding hydrogens is 1170 g/mol. The number of piperidine rings is 2. The van der Waals surface area contributed by atoms with Crippen molar-refractivity contribution in [2.24, 2.45) is 0 Å². The molecule has 2 fully saturated rings. The number of hydrazine groups is 1. The molecule has 0 atom stereocenters. The van der Waals surface area contributed by atoms with Gasteiger partial charge in [-0.25, -0.2) is 14.6 Å². The van der Waals surface area contributed by atoms with Crippen LogP contribution in [-0.2, 0) is 13.1 Å². The van der Waals surface area contributed by atoms with Gasteiger partial charge in [-0.1, -0.05) is 61.3 Å². The number of imidazole rings is 1. The van der Waals surface area contributed by atoms with Crippen molar-refractivity contribution in [1.82, 2.24) is 34.6 Å². The Labute approximate surface area is 551 Å². The molecule has 8 aromatic rings. The summed E-state index contributed by atoms with van der Waals surface area (Å²) in [5, 5.41) is 10.1. The van der Waals surface area contributed by atoms with E-state index >= 15 is 9.59 Å². The van der Waals surface area contributed by atoms with E-state index in [-0.39, 0.29) is 24.3 Å². The van der Waals surface area contributed by atoms with E-state index in [2.05, 4.69) is 118 Å². The zero-order chi connectivity index (χ0) is 65.4. The van der Waals surface area contributed by atoms with E-state index in [9.17, 15) is 0 Å². The summed E-state index contributed by atoms with van der Waals surface area (Å²) in [5.74, 6) is 5.30. The van der Waals surface area contributed by atoms with Crippen molar-refractivity contribution in [1.29, 1.82) is 0 Å². The highest BCUT2D eigenvalue weighted by molar-refractivity contribution is 6.06. The normalized spacial score (nSPS) is 14.2. The minimum atomic E-state index is -0.521. The fourth-order valence-corrected chi connectivity index (χ4v) is 12.9. The Balaban J connectivity index is 0.904. The van der Waals surface area contributed by atoms with Crippen molar-refractivity contribution in [3.8, 4) is 68.6 Å². The number of methoxy groups -OCH3 is 2. The Morgan fingerprint density at radius 2 is 0.957 bits per heavy atom. The first kappa shape index (κ1) is 67.5. The average Bonchev–Trinajstić information content (AvgIpc) is 1.77. The van der Waals surface area contributed by atoms with Crippen molar-refractivity contribution in [3.05, 3.63) is 127 Å². The van der Waals surface area contributed by atoms with E-state index in [4.69, 9.17) is 33.4 Å². The van der Waals surface area contributed by atoms with Crippen molar-refractivity contribution in [2.75, 3.05) is 63.5 Å². The van der Waals surface area contributed by atoms with Crippen LogP contribution in [0.4, 0.5) is 21.0 Å². The predicted octanol–water partition coefficient (Wildman–Crippen LogP) is 17.7. The van der Waals surface area contributed by atoms with Crippen molar-refractivity contribution < 1.29 is 38.0 Å². The van der Waals surface area contributed by atoms with Crippen LogP contribution in [0.25, 0.3) is 44.6 Å². The predicted molar refractivity (Wildman–Crippen MR) is 375 cm³/mol. The Bertz CT molecular complexity index is 3710. The first-order valence-corrected chi connectivity index (χ1v) is 34.5. The maximum atomic E-state index is 15.1. The molecule has 10 rings (SSSR count). The number of benzene rings is 6. The molecule has 17 heteroatoms. The van der Waals surface area contributed by atoms with Gasteiger partial charge in [-0.2, -0.15) is 10.0 Å². The number of carbonyl (C=O) groups is 2. The molecule has 93 heavy (non-hydrogen) atoms. The summed E-state index contributed by atoms with van der Waals surface area (Å²) in [7, 11) is 3.12. The quantitative estimate of drug-likeness (QED) is 0.0432. The van der Waals surface area contributed by atoms with E-state index in [0.29, 0.717) is 71.6 Å². The van der Waals surface area contributed by atoms with Crippen LogP contribution in [0.3, 0.4) is 0 Å².